The molecule has 0 saturated carbocycles. The number of morpholine rings is 1. The first-order chi connectivity index (χ1) is 14.5. The van der Waals surface area contributed by atoms with Crippen molar-refractivity contribution < 1.29 is 19.4 Å². The molecule has 1 aliphatic rings. The summed E-state index contributed by atoms with van der Waals surface area (Å²) in [5.74, 6) is -0.605. The minimum Gasteiger partial charge on any atom is -0.481 e. The highest BCUT2D eigenvalue weighted by Crippen LogP contribution is 2.26. The zero-order valence-electron chi connectivity index (χ0n) is 17.7. The lowest BCUT2D eigenvalue weighted by atomic mass is 9.97. The predicted octanol–water partition coefficient (Wildman–Crippen LogP) is 4.96. The molecule has 0 aromatic heterocycles. The van der Waals surface area contributed by atoms with Crippen molar-refractivity contribution in [1.29, 1.82) is 0 Å². The minimum absolute atomic E-state index is 0.149. The third-order valence-corrected chi connectivity index (χ3v) is 5.78. The number of unbranched alkanes of at least 4 members (excludes halogenated alkanes) is 3. The molecule has 5 heteroatoms. The van der Waals surface area contributed by atoms with Crippen LogP contribution in [0.1, 0.15) is 60.5 Å². The Labute approximate surface area is 178 Å². The van der Waals surface area contributed by atoms with Gasteiger partial charge >= 0.3 is 5.97 Å². The molecule has 0 aliphatic carbocycles. The highest BCUT2D eigenvalue weighted by atomic mass is 16.5. The van der Waals surface area contributed by atoms with E-state index >= 15 is 0 Å². The van der Waals surface area contributed by atoms with Crippen LogP contribution in [0.15, 0.2) is 48.5 Å². The summed E-state index contributed by atoms with van der Waals surface area (Å²) in [6.07, 6.45) is 3.96. The standard InChI is InChI=1S/C25H31NO4/c1-26-16-17-30-18-23(26)21-12-8-19(9-13-21)20-10-14-22(15-11-20)24(27)6-4-2-3-5-7-25(28)29/h8-15,23H,2-7,16-18H2,1H3,(H,28,29). The van der Waals surface area contributed by atoms with E-state index in [9.17, 15) is 9.59 Å². The number of likely N-dealkylation sites (N-methyl/N-ethyl adjacent to an activating group) is 1. The summed E-state index contributed by atoms with van der Waals surface area (Å²) in [5.41, 5.74) is 4.23. The second-order valence-corrected chi connectivity index (χ2v) is 8.00. The van der Waals surface area contributed by atoms with Crippen LogP contribution in [0, 0.1) is 0 Å². The summed E-state index contributed by atoms with van der Waals surface area (Å²) >= 11 is 0. The van der Waals surface area contributed by atoms with E-state index in [1.165, 1.54) is 5.56 Å². The first-order valence-corrected chi connectivity index (χ1v) is 10.8. The zero-order chi connectivity index (χ0) is 21.3. The fraction of sp³-hybridized carbons (Fsp3) is 0.440. The summed E-state index contributed by atoms with van der Waals surface area (Å²) in [7, 11) is 2.13. The summed E-state index contributed by atoms with van der Waals surface area (Å²) in [6, 6.07) is 16.7. The molecule has 160 valence electrons. The van der Waals surface area contributed by atoms with Crippen LogP contribution in [0.3, 0.4) is 0 Å². The minimum atomic E-state index is -0.754. The molecule has 30 heavy (non-hydrogen) atoms. The van der Waals surface area contributed by atoms with Crippen LogP contribution in [0.2, 0.25) is 0 Å². The number of carboxylic acid groups (broad SMARTS) is 1. The Morgan fingerprint density at radius 1 is 0.933 bits per heavy atom. The van der Waals surface area contributed by atoms with E-state index in [1.54, 1.807) is 0 Å². The van der Waals surface area contributed by atoms with E-state index < -0.39 is 5.97 Å². The second-order valence-electron chi connectivity index (χ2n) is 8.00. The maximum atomic E-state index is 12.4. The molecule has 1 saturated heterocycles. The number of hydrogen-bond acceptors (Lipinski definition) is 4. The van der Waals surface area contributed by atoms with Crippen molar-refractivity contribution >= 4 is 11.8 Å². The third kappa shape index (κ3) is 6.25. The van der Waals surface area contributed by atoms with E-state index in [4.69, 9.17) is 9.84 Å². The van der Waals surface area contributed by atoms with Crippen molar-refractivity contribution in [1.82, 2.24) is 4.90 Å². The van der Waals surface area contributed by atoms with Gasteiger partial charge in [-0.1, -0.05) is 61.4 Å². The van der Waals surface area contributed by atoms with E-state index in [2.05, 4.69) is 36.2 Å². The van der Waals surface area contributed by atoms with Gasteiger partial charge in [0.15, 0.2) is 5.78 Å². The molecule has 1 aliphatic heterocycles. The van der Waals surface area contributed by atoms with Gasteiger partial charge in [-0.25, -0.2) is 0 Å². The number of carbonyl (C=O) groups is 2. The quantitative estimate of drug-likeness (QED) is 0.443. The van der Waals surface area contributed by atoms with Gasteiger partial charge in [-0.2, -0.15) is 0 Å². The third-order valence-electron chi connectivity index (χ3n) is 5.78. The molecule has 1 fully saturated rings. The molecule has 1 N–H and O–H groups in total. The number of Topliss-reactive ketones (excluding diaryl/α,β-unsaturated/α-hetero) is 1. The normalized spacial score (nSPS) is 17.0. The molecule has 3 rings (SSSR count). The first kappa shape index (κ1) is 22.2. The van der Waals surface area contributed by atoms with Gasteiger partial charge in [0.1, 0.15) is 0 Å². The van der Waals surface area contributed by atoms with Gasteiger partial charge in [0.05, 0.1) is 19.3 Å². The van der Waals surface area contributed by atoms with Gasteiger partial charge < -0.3 is 9.84 Å². The second kappa shape index (κ2) is 11.0. The number of ketones is 1. The van der Waals surface area contributed by atoms with Gasteiger partial charge in [0.25, 0.3) is 0 Å². The number of ether oxygens (including phenoxy) is 1. The van der Waals surface area contributed by atoms with Gasteiger partial charge in [-0.05, 0) is 36.6 Å². The van der Waals surface area contributed by atoms with Crippen LogP contribution in [0.5, 0.6) is 0 Å². The smallest absolute Gasteiger partial charge is 0.303 e. The lowest BCUT2D eigenvalue weighted by Gasteiger charge is -2.32. The molecule has 5 nitrogen and oxygen atoms in total. The molecule has 2 aromatic rings. The zero-order valence-corrected chi connectivity index (χ0v) is 17.7. The highest BCUT2D eigenvalue weighted by molar-refractivity contribution is 5.96. The summed E-state index contributed by atoms with van der Waals surface area (Å²) in [6.45, 7) is 2.47. The van der Waals surface area contributed by atoms with Crippen molar-refractivity contribution in [2.75, 3.05) is 26.8 Å². The fourth-order valence-corrected chi connectivity index (χ4v) is 3.84. The summed E-state index contributed by atoms with van der Waals surface area (Å²) in [5, 5.41) is 8.63. The van der Waals surface area contributed by atoms with Gasteiger partial charge in [0, 0.05) is 24.9 Å². The molecule has 1 heterocycles. The van der Waals surface area contributed by atoms with Crippen molar-refractivity contribution in [3.63, 3.8) is 0 Å². The van der Waals surface area contributed by atoms with E-state index in [0.29, 0.717) is 18.9 Å². The topological polar surface area (TPSA) is 66.8 Å². The van der Waals surface area contributed by atoms with Gasteiger partial charge in [0.2, 0.25) is 0 Å². The predicted molar refractivity (Wildman–Crippen MR) is 118 cm³/mol. The molecular formula is C25H31NO4. The maximum Gasteiger partial charge on any atom is 0.303 e. The molecule has 1 unspecified atom stereocenters. The number of nitrogens with zero attached hydrogens (tertiary/aromatic N) is 1. The summed E-state index contributed by atoms with van der Waals surface area (Å²) < 4.78 is 5.62. The van der Waals surface area contributed by atoms with E-state index in [-0.39, 0.29) is 12.2 Å². The number of rotatable bonds is 10. The molecule has 0 bridgehead atoms. The van der Waals surface area contributed by atoms with Crippen molar-refractivity contribution in [3.8, 4) is 11.1 Å². The van der Waals surface area contributed by atoms with Crippen molar-refractivity contribution in [2.24, 2.45) is 0 Å². The van der Waals surface area contributed by atoms with E-state index in [0.717, 1.165) is 55.7 Å². The van der Waals surface area contributed by atoms with Gasteiger partial charge in [-0.15, -0.1) is 0 Å². The Balaban J connectivity index is 1.51. The lowest BCUT2D eigenvalue weighted by Crippen LogP contribution is -2.36. The van der Waals surface area contributed by atoms with E-state index in [1.807, 2.05) is 24.3 Å². The van der Waals surface area contributed by atoms with Crippen LogP contribution < -0.4 is 0 Å². The SMILES string of the molecule is CN1CCOCC1c1ccc(-c2ccc(C(=O)CCCCCCC(=O)O)cc2)cc1. The molecule has 2 aromatic carbocycles. The number of hydrogen-bond donors (Lipinski definition) is 1. The van der Waals surface area contributed by atoms with Crippen LogP contribution in [0.4, 0.5) is 0 Å². The molecule has 0 spiro atoms. The summed E-state index contributed by atoms with van der Waals surface area (Å²) in [4.78, 5) is 25.2. The van der Waals surface area contributed by atoms with Crippen LogP contribution in [0.25, 0.3) is 11.1 Å². The van der Waals surface area contributed by atoms with Crippen LogP contribution in [-0.2, 0) is 9.53 Å². The first-order valence-electron chi connectivity index (χ1n) is 10.8. The Morgan fingerprint density at radius 2 is 1.53 bits per heavy atom. The van der Waals surface area contributed by atoms with Crippen molar-refractivity contribution in [2.45, 2.75) is 44.6 Å². The Bertz CT molecular complexity index is 829. The van der Waals surface area contributed by atoms with Gasteiger partial charge in [-0.3, -0.25) is 14.5 Å². The monoisotopic (exact) mass is 409 g/mol. The van der Waals surface area contributed by atoms with Crippen LogP contribution >= 0.6 is 0 Å². The van der Waals surface area contributed by atoms with Crippen LogP contribution in [-0.4, -0.2) is 48.6 Å². The van der Waals surface area contributed by atoms with Crippen molar-refractivity contribution in [3.05, 3.63) is 59.7 Å². The molecule has 0 radical (unpaired) electrons. The average molecular weight is 410 g/mol. The average Bonchev–Trinajstić information content (AvgIpc) is 2.76. The maximum absolute atomic E-state index is 12.4. The molecule has 0 amide bonds. The largest absolute Gasteiger partial charge is 0.481 e. The number of carboxylic acids is 1. The Hall–Kier alpha value is -2.50. The highest BCUT2D eigenvalue weighted by Gasteiger charge is 2.21. The fourth-order valence-electron chi connectivity index (χ4n) is 3.84. The Morgan fingerprint density at radius 3 is 2.13 bits per heavy atom. The number of benzene rings is 2. The molecular weight excluding hydrogens is 378 g/mol. The molecule has 1 atom stereocenters. The Kier molecular flexibility index (Phi) is 8.17. The number of carbonyl (C=O) groups excluding carboxylic acids is 1. The lowest BCUT2D eigenvalue weighted by molar-refractivity contribution is -0.137. The number of aliphatic carboxylic acids is 1.